The predicted molar refractivity (Wildman–Crippen MR) is 51.0 cm³/mol. The fourth-order valence-electron chi connectivity index (χ4n) is 1.22. The average Bonchev–Trinajstić information content (AvgIpc) is 2.62. The minimum Gasteiger partial charge on any atom is -0.382 e. The minimum atomic E-state index is -0.741. The van der Waals surface area contributed by atoms with E-state index in [4.69, 9.17) is 5.73 Å². The zero-order valence-corrected chi connectivity index (χ0v) is 7.62. The SMILES string of the molecule is C[CH][C@@H](O)n1cnc2c(N)ncnc21. The van der Waals surface area contributed by atoms with Crippen molar-refractivity contribution in [3.8, 4) is 0 Å². The molecule has 0 bridgehead atoms. The molecule has 2 aromatic heterocycles. The topological polar surface area (TPSA) is 89.8 Å². The van der Waals surface area contributed by atoms with Gasteiger partial charge in [-0.15, -0.1) is 0 Å². The highest BCUT2D eigenvalue weighted by Gasteiger charge is 2.11. The molecule has 2 rings (SSSR count). The Balaban J connectivity index is 2.63. The van der Waals surface area contributed by atoms with Crippen molar-refractivity contribution in [1.82, 2.24) is 19.5 Å². The maximum absolute atomic E-state index is 9.57. The van der Waals surface area contributed by atoms with Crippen LogP contribution in [-0.2, 0) is 0 Å². The Hall–Kier alpha value is -1.69. The van der Waals surface area contributed by atoms with E-state index in [1.807, 2.05) is 0 Å². The van der Waals surface area contributed by atoms with Crippen molar-refractivity contribution in [2.24, 2.45) is 0 Å². The third-order valence-corrected chi connectivity index (χ3v) is 1.97. The summed E-state index contributed by atoms with van der Waals surface area (Å²) in [6, 6.07) is 0. The highest BCUT2D eigenvalue weighted by atomic mass is 16.3. The summed E-state index contributed by atoms with van der Waals surface area (Å²) >= 11 is 0. The first kappa shape index (κ1) is 8.89. The van der Waals surface area contributed by atoms with Crippen molar-refractivity contribution in [2.45, 2.75) is 13.2 Å². The van der Waals surface area contributed by atoms with Crippen LogP contribution in [0, 0.1) is 6.42 Å². The molecule has 73 valence electrons. The number of aliphatic hydroxyl groups excluding tert-OH is 1. The largest absolute Gasteiger partial charge is 0.382 e. The van der Waals surface area contributed by atoms with Crippen LogP contribution in [0.1, 0.15) is 13.2 Å². The second-order valence-corrected chi connectivity index (χ2v) is 2.83. The van der Waals surface area contributed by atoms with Crippen LogP contribution in [0.25, 0.3) is 11.2 Å². The zero-order valence-electron chi connectivity index (χ0n) is 7.62. The molecule has 0 aliphatic heterocycles. The van der Waals surface area contributed by atoms with Crippen LogP contribution < -0.4 is 5.73 Å². The summed E-state index contributed by atoms with van der Waals surface area (Å²) in [5.74, 6) is 0.317. The van der Waals surface area contributed by atoms with E-state index < -0.39 is 6.23 Å². The maximum Gasteiger partial charge on any atom is 0.167 e. The molecule has 1 radical (unpaired) electrons. The normalized spacial score (nSPS) is 13.3. The summed E-state index contributed by atoms with van der Waals surface area (Å²) in [5.41, 5.74) is 6.63. The number of anilines is 1. The van der Waals surface area contributed by atoms with Crippen LogP contribution >= 0.6 is 0 Å². The molecule has 0 amide bonds. The standard InChI is InChI=1S/C8H10N5O/c1-2-5(14)13-4-12-6-7(9)10-3-11-8(6)13/h2-5,14H,1H3,(H2,9,10,11)/t5-/m1/s1. The number of imidazole rings is 1. The van der Waals surface area contributed by atoms with Crippen LogP contribution in [0.2, 0.25) is 0 Å². The minimum absolute atomic E-state index is 0.317. The van der Waals surface area contributed by atoms with Crippen molar-refractivity contribution >= 4 is 17.0 Å². The molecule has 0 unspecified atom stereocenters. The molecule has 6 heteroatoms. The van der Waals surface area contributed by atoms with Gasteiger partial charge in [-0.1, -0.05) is 6.92 Å². The van der Waals surface area contributed by atoms with E-state index in [0.717, 1.165) is 0 Å². The van der Waals surface area contributed by atoms with Gasteiger partial charge in [-0.3, -0.25) is 4.57 Å². The van der Waals surface area contributed by atoms with Crippen LogP contribution in [0.5, 0.6) is 0 Å². The lowest BCUT2D eigenvalue weighted by Gasteiger charge is -2.08. The first-order chi connectivity index (χ1) is 6.74. The number of hydrogen-bond donors (Lipinski definition) is 2. The first-order valence-electron chi connectivity index (χ1n) is 4.14. The van der Waals surface area contributed by atoms with Gasteiger partial charge in [0.05, 0.1) is 6.33 Å². The second-order valence-electron chi connectivity index (χ2n) is 2.83. The highest BCUT2D eigenvalue weighted by Crippen LogP contribution is 2.18. The van der Waals surface area contributed by atoms with Gasteiger partial charge in [0.25, 0.3) is 0 Å². The fraction of sp³-hybridized carbons (Fsp3) is 0.250. The quantitative estimate of drug-likeness (QED) is 0.705. The molecule has 6 nitrogen and oxygen atoms in total. The van der Waals surface area contributed by atoms with Gasteiger partial charge in [0.15, 0.2) is 11.5 Å². The number of rotatable bonds is 2. The lowest BCUT2D eigenvalue weighted by Crippen LogP contribution is -2.07. The Labute approximate surface area is 80.4 Å². The van der Waals surface area contributed by atoms with E-state index in [9.17, 15) is 5.11 Å². The molecule has 14 heavy (non-hydrogen) atoms. The Morgan fingerprint density at radius 3 is 3.00 bits per heavy atom. The van der Waals surface area contributed by atoms with Gasteiger partial charge in [-0.2, -0.15) is 0 Å². The molecule has 0 aliphatic carbocycles. The Kier molecular flexibility index (Phi) is 2.05. The summed E-state index contributed by atoms with van der Waals surface area (Å²) in [7, 11) is 0. The van der Waals surface area contributed by atoms with Crippen molar-refractivity contribution in [3.05, 3.63) is 19.1 Å². The smallest absolute Gasteiger partial charge is 0.167 e. The van der Waals surface area contributed by atoms with E-state index in [1.165, 1.54) is 17.2 Å². The Morgan fingerprint density at radius 2 is 2.29 bits per heavy atom. The van der Waals surface area contributed by atoms with Gasteiger partial charge in [0, 0.05) is 6.42 Å². The highest BCUT2D eigenvalue weighted by molar-refractivity contribution is 5.81. The Bertz CT molecular complexity index is 452. The second kappa shape index (κ2) is 3.22. The molecule has 0 spiro atoms. The number of fused-ring (bicyclic) bond motifs is 1. The van der Waals surface area contributed by atoms with Crippen molar-refractivity contribution in [2.75, 3.05) is 5.73 Å². The summed E-state index contributed by atoms with van der Waals surface area (Å²) < 4.78 is 1.52. The third kappa shape index (κ3) is 1.20. The summed E-state index contributed by atoms with van der Waals surface area (Å²) in [5, 5.41) is 9.57. The molecule has 1 atom stereocenters. The molecule has 0 fully saturated rings. The third-order valence-electron chi connectivity index (χ3n) is 1.97. The first-order valence-corrected chi connectivity index (χ1v) is 4.14. The van der Waals surface area contributed by atoms with E-state index in [2.05, 4.69) is 15.0 Å². The molecule has 0 saturated carbocycles. The van der Waals surface area contributed by atoms with E-state index in [-0.39, 0.29) is 0 Å². The molecule has 0 aliphatic rings. The van der Waals surface area contributed by atoms with Crippen LogP contribution in [0.3, 0.4) is 0 Å². The number of nitrogens with two attached hydrogens (primary N) is 1. The van der Waals surface area contributed by atoms with E-state index >= 15 is 0 Å². The summed E-state index contributed by atoms with van der Waals surface area (Å²) in [6.07, 6.45) is 3.71. The molecular formula is C8H10N5O. The summed E-state index contributed by atoms with van der Waals surface area (Å²) in [4.78, 5) is 11.8. The van der Waals surface area contributed by atoms with Gasteiger partial charge in [-0.05, 0) is 0 Å². The maximum atomic E-state index is 9.57. The lowest BCUT2D eigenvalue weighted by molar-refractivity contribution is 0.141. The van der Waals surface area contributed by atoms with Gasteiger partial charge in [-0.25, -0.2) is 15.0 Å². The van der Waals surface area contributed by atoms with Crippen LogP contribution in [0.15, 0.2) is 12.7 Å². The van der Waals surface area contributed by atoms with E-state index in [1.54, 1.807) is 13.3 Å². The number of aliphatic hydroxyl groups is 1. The van der Waals surface area contributed by atoms with Crippen molar-refractivity contribution in [1.29, 1.82) is 0 Å². The zero-order chi connectivity index (χ0) is 10.1. The Morgan fingerprint density at radius 1 is 1.50 bits per heavy atom. The van der Waals surface area contributed by atoms with Crippen molar-refractivity contribution < 1.29 is 5.11 Å². The van der Waals surface area contributed by atoms with E-state index in [0.29, 0.717) is 17.0 Å². The molecule has 0 aromatic carbocycles. The monoisotopic (exact) mass is 192 g/mol. The number of nitrogen functional groups attached to an aromatic ring is 1. The van der Waals surface area contributed by atoms with Crippen LogP contribution in [0.4, 0.5) is 5.82 Å². The van der Waals surface area contributed by atoms with Gasteiger partial charge in [0.2, 0.25) is 0 Å². The molecule has 3 N–H and O–H groups in total. The molecular weight excluding hydrogens is 182 g/mol. The van der Waals surface area contributed by atoms with Crippen molar-refractivity contribution in [3.63, 3.8) is 0 Å². The average molecular weight is 192 g/mol. The molecule has 2 aromatic rings. The lowest BCUT2D eigenvalue weighted by atomic mass is 10.4. The van der Waals surface area contributed by atoms with Gasteiger partial charge >= 0.3 is 0 Å². The van der Waals surface area contributed by atoms with Gasteiger partial charge < -0.3 is 10.8 Å². The molecule has 0 saturated heterocycles. The van der Waals surface area contributed by atoms with Crippen LogP contribution in [-0.4, -0.2) is 24.6 Å². The molecule has 2 heterocycles. The predicted octanol–water partition coefficient (Wildman–Crippen LogP) is 0.124. The number of aromatic nitrogens is 4. The fourth-order valence-corrected chi connectivity index (χ4v) is 1.22. The number of nitrogens with zero attached hydrogens (tertiary/aromatic N) is 4. The van der Waals surface area contributed by atoms with Gasteiger partial charge in [0.1, 0.15) is 18.1 Å². The summed E-state index contributed by atoms with van der Waals surface area (Å²) in [6.45, 7) is 1.75. The number of hydrogen-bond acceptors (Lipinski definition) is 5.